The zero-order chi connectivity index (χ0) is 32.7. The first-order chi connectivity index (χ1) is 22.2. The molecule has 4 aromatic carbocycles. The van der Waals surface area contributed by atoms with E-state index in [9.17, 15) is 9.59 Å². The van der Waals surface area contributed by atoms with E-state index < -0.39 is 26.7 Å². The highest BCUT2D eigenvalue weighted by molar-refractivity contribution is 7.77. The second kappa shape index (κ2) is 15.1. The Hall–Kier alpha value is -3.32. The Morgan fingerprint density at radius 3 is 1.24 bits per heavy atom. The third-order valence-electron chi connectivity index (χ3n) is 9.88. The van der Waals surface area contributed by atoms with Crippen LogP contribution >= 0.6 is 15.8 Å². The molecule has 0 spiro atoms. The summed E-state index contributed by atoms with van der Waals surface area (Å²) in [5.74, 6) is -0.0915. The van der Waals surface area contributed by atoms with E-state index >= 15 is 0 Å². The molecule has 4 atom stereocenters. The van der Waals surface area contributed by atoms with E-state index in [1.807, 2.05) is 13.8 Å². The summed E-state index contributed by atoms with van der Waals surface area (Å²) < 4.78 is 5.24. The van der Waals surface area contributed by atoms with Gasteiger partial charge in [0.2, 0.25) is 5.91 Å². The van der Waals surface area contributed by atoms with Crippen LogP contribution in [0.3, 0.4) is 0 Å². The maximum Gasteiger partial charge on any atom is 0.311 e. The van der Waals surface area contributed by atoms with Crippen molar-refractivity contribution in [2.75, 3.05) is 20.2 Å². The van der Waals surface area contributed by atoms with Crippen molar-refractivity contribution in [2.24, 2.45) is 10.8 Å². The molecular weight excluding hydrogens is 604 g/mol. The van der Waals surface area contributed by atoms with Gasteiger partial charge in [-0.05, 0) is 63.2 Å². The standard InChI is InChI=1S/C40H47NO3P2/c1-6-39(3,30-40(4,7-2)38(43)44-5)37(42)41-28-35(45(31-20-12-8-13-21-31)32-22-14-9-15-23-32)36(29-41)46(33-24-16-10-17-25-33)34-26-18-11-19-27-34/h8-27,35-36H,6-7,28-30H2,1-5H3. The maximum absolute atomic E-state index is 14.9. The fraction of sp³-hybridized carbons (Fsp3) is 0.350. The first-order valence-electron chi connectivity index (χ1n) is 16.4. The van der Waals surface area contributed by atoms with Crippen molar-refractivity contribution in [3.05, 3.63) is 121 Å². The van der Waals surface area contributed by atoms with E-state index in [4.69, 9.17) is 4.74 Å². The molecule has 5 rings (SSSR count). The topological polar surface area (TPSA) is 46.6 Å². The van der Waals surface area contributed by atoms with Gasteiger partial charge in [-0.3, -0.25) is 9.59 Å². The molecule has 1 heterocycles. The third kappa shape index (κ3) is 7.15. The molecule has 0 aliphatic carbocycles. The van der Waals surface area contributed by atoms with Crippen molar-refractivity contribution in [3.63, 3.8) is 0 Å². The fourth-order valence-electron chi connectivity index (χ4n) is 7.04. The lowest BCUT2D eigenvalue weighted by atomic mass is 9.69. The summed E-state index contributed by atoms with van der Waals surface area (Å²) in [5.41, 5.74) is -0.929. The van der Waals surface area contributed by atoms with Gasteiger partial charge < -0.3 is 9.64 Å². The molecule has 240 valence electrons. The summed E-state index contributed by atoms with van der Waals surface area (Å²) in [4.78, 5) is 30.0. The number of esters is 1. The number of ether oxygens (including phenoxy) is 1. The molecule has 0 radical (unpaired) electrons. The summed E-state index contributed by atoms with van der Waals surface area (Å²) in [5, 5.41) is 5.36. The number of carbonyl (C=O) groups is 2. The maximum atomic E-state index is 14.9. The Balaban J connectivity index is 1.63. The van der Waals surface area contributed by atoms with Crippen LogP contribution in [-0.2, 0) is 14.3 Å². The number of methoxy groups -OCH3 is 1. The van der Waals surface area contributed by atoms with Crippen LogP contribution in [0.1, 0.15) is 47.0 Å². The van der Waals surface area contributed by atoms with Gasteiger partial charge in [0.25, 0.3) is 0 Å². The highest BCUT2D eigenvalue weighted by Crippen LogP contribution is 2.55. The Labute approximate surface area is 278 Å². The molecule has 1 saturated heterocycles. The molecule has 0 N–H and O–H groups in total. The number of rotatable bonds is 12. The van der Waals surface area contributed by atoms with Crippen molar-refractivity contribution in [1.82, 2.24) is 4.90 Å². The minimum absolute atomic E-state index is 0.151. The predicted molar refractivity (Wildman–Crippen MR) is 196 cm³/mol. The average Bonchev–Trinajstić information content (AvgIpc) is 3.53. The van der Waals surface area contributed by atoms with E-state index in [0.29, 0.717) is 32.4 Å². The molecule has 1 aliphatic heterocycles. The van der Waals surface area contributed by atoms with Crippen LogP contribution in [0.15, 0.2) is 121 Å². The first kappa shape index (κ1) is 34.0. The summed E-state index contributed by atoms with van der Waals surface area (Å²) >= 11 is 0. The lowest BCUT2D eigenvalue weighted by molar-refractivity contribution is -0.156. The van der Waals surface area contributed by atoms with Crippen molar-refractivity contribution in [1.29, 1.82) is 0 Å². The molecule has 0 aromatic heterocycles. The fourth-order valence-corrected chi connectivity index (χ4v) is 13.5. The number of hydrogen-bond acceptors (Lipinski definition) is 3. The number of nitrogens with zero attached hydrogens (tertiary/aromatic N) is 1. The van der Waals surface area contributed by atoms with Gasteiger partial charge in [-0.15, -0.1) is 0 Å². The van der Waals surface area contributed by atoms with Gasteiger partial charge >= 0.3 is 5.97 Å². The molecule has 1 amide bonds. The van der Waals surface area contributed by atoms with E-state index in [0.717, 1.165) is 0 Å². The third-order valence-corrected chi connectivity index (χ3v) is 15.9. The van der Waals surface area contributed by atoms with Crippen LogP contribution in [0.4, 0.5) is 0 Å². The van der Waals surface area contributed by atoms with Crippen molar-refractivity contribution < 1.29 is 14.3 Å². The summed E-state index contributed by atoms with van der Waals surface area (Å²) in [6, 6.07) is 43.7. The van der Waals surface area contributed by atoms with Crippen molar-refractivity contribution >= 4 is 48.9 Å². The van der Waals surface area contributed by atoms with Crippen LogP contribution < -0.4 is 21.2 Å². The normalized spacial score (nSPS) is 19.1. The Kier molecular flexibility index (Phi) is 11.1. The summed E-state index contributed by atoms with van der Waals surface area (Å²) in [6.45, 7) is 9.48. The quantitative estimate of drug-likeness (QED) is 0.120. The molecular formula is C40H47NO3P2. The Morgan fingerprint density at radius 2 is 0.957 bits per heavy atom. The molecule has 4 aromatic rings. The van der Waals surface area contributed by atoms with Gasteiger partial charge in [0.1, 0.15) is 0 Å². The van der Waals surface area contributed by atoms with Gasteiger partial charge in [-0.25, -0.2) is 0 Å². The van der Waals surface area contributed by atoms with Crippen LogP contribution in [-0.4, -0.2) is 48.3 Å². The minimum atomic E-state index is -0.791. The number of carbonyl (C=O) groups excluding carboxylic acids is 2. The summed E-state index contributed by atoms with van der Waals surface area (Å²) in [7, 11) is -0.135. The zero-order valence-corrected chi connectivity index (χ0v) is 29.6. The van der Waals surface area contributed by atoms with Gasteiger partial charge in [0.05, 0.1) is 12.5 Å². The lowest BCUT2D eigenvalue weighted by Gasteiger charge is -2.38. The van der Waals surface area contributed by atoms with Gasteiger partial charge in [-0.2, -0.15) is 0 Å². The second-order valence-corrected chi connectivity index (χ2v) is 17.8. The van der Waals surface area contributed by atoms with E-state index in [1.54, 1.807) is 0 Å². The molecule has 4 unspecified atom stereocenters. The van der Waals surface area contributed by atoms with Gasteiger partial charge in [0.15, 0.2) is 0 Å². The average molecular weight is 652 g/mol. The Bertz CT molecular complexity index is 1400. The minimum Gasteiger partial charge on any atom is -0.469 e. The van der Waals surface area contributed by atoms with E-state index in [2.05, 4.69) is 140 Å². The highest BCUT2D eigenvalue weighted by Gasteiger charge is 2.50. The van der Waals surface area contributed by atoms with Crippen LogP contribution in [0.25, 0.3) is 0 Å². The van der Waals surface area contributed by atoms with Crippen molar-refractivity contribution in [3.8, 4) is 0 Å². The molecule has 6 heteroatoms. The van der Waals surface area contributed by atoms with Crippen LogP contribution in [0, 0.1) is 10.8 Å². The molecule has 0 bridgehead atoms. The highest BCUT2D eigenvalue weighted by atomic mass is 31.1. The lowest BCUT2D eigenvalue weighted by Crippen LogP contribution is -2.46. The zero-order valence-electron chi connectivity index (χ0n) is 27.8. The van der Waals surface area contributed by atoms with Gasteiger partial charge in [0, 0.05) is 29.8 Å². The number of benzene rings is 4. The molecule has 1 fully saturated rings. The SMILES string of the molecule is CCC(C)(CC(C)(CC)C(=O)N1CC(P(c2ccccc2)c2ccccc2)C(P(c2ccccc2)c2ccccc2)C1)C(=O)OC. The molecule has 0 saturated carbocycles. The first-order valence-corrected chi connectivity index (χ1v) is 19.2. The van der Waals surface area contributed by atoms with Gasteiger partial charge in [-0.1, -0.05) is 142 Å². The van der Waals surface area contributed by atoms with E-state index in [-0.39, 0.29) is 23.2 Å². The molecule has 4 nitrogen and oxygen atoms in total. The van der Waals surface area contributed by atoms with Crippen LogP contribution in [0.2, 0.25) is 0 Å². The number of likely N-dealkylation sites (tertiary alicyclic amines) is 1. The largest absolute Gasteiger partial charge is 0.469 e. The second-order valence-electron chi connectivity index (χ2n) is 12.9. The number of hydrogen-bond donors (Lipinski definition) is 0. The van der Waals surface area contributed by atoms with Crippen molar-refractivity contribution in [2.45, 2.75) is 58.3 Å². The monoisotopic (exact) mass is 651 g/mol. The van der Waals surface area contributed by atoms with Crippen LogP contribution in [0.5, 0.6) is 0 Å². The molecule has 46 heavy (non-hydrogen) atoms. The smallest absolute Gasteiger partial charge is 0.311 e. The Morgan fingerprint density at radius 1 is 0.630 bits per heavy atom. The number of amides is 1. The summed E-state index contributed by atoms with van der Waals surface area (Å²) in [6.07, 6.45) is 1.74. The predicted octanol–water partition coefficient (Wildman–Crippen LogP) is 7.23. The van der Waals surface area contributed by atoms with E-state index in [1.165, 1.54) is 28.3 Å². The molecule has 1 aliphatic rings.